The van der Waals surface area contributed by atoms with E-state index in [1.165, 1.54) is 0 Å². The predicted octanol–water partition coefficient (Wildman–Crippen LogP) is -2.30. The zero-order valence-corrected chi connectivity index (χ0v) is 19.0. The Morgan fingerprint density at radius 3 is 0.235 bits per heavy atom. The van der Waals surface area contributed by atoms with Crippen LogP contribution in [0.1, 0.15) is 0 Å². The van der Waals surface area contributed by atoms with Gasteiger partial charge in [-0.25, -0.2) is 0 Å². The molecule has 0 rings (SSSR count). The summed E-state index contributed by atoms with van der Waals surface area (Å²) in [7, 11) is 0. The molecule has 0 aliphatic carbocycles. The van der Waals surface area contributed by atoms with Crippen molar-refractivity contribution in [1.82, 2.24) is 0 Å². The average molecular weight is 703 g/mol. The first-order valence-corrected chi connectivity index (χ1v) is 4.38. The predicted molar refractivity (Wildman–Crippen MR) is 88.6 cm³/mol. The minimum atomic E-state index is -1.75. The molecule has 0 aromatic carbocycles. The van der Waals surface area contributed by atoms with Gasteiger partial charge in [0.05, 0.1) is 40.7 Å². The third-order valence-corrected chi connectivity index (χ3v) is 0. The van der Waals surface area contributed by atoms with E-state index in [1.54, 1.807) is 0 Å². The van der Waals surface area contributed by atoms with E-state index in [0.29, 0.717) is 0 Å². The second-order valence-corrected chi connectivity index (χ2v) is 1.79. The van der Waals surface area contributed by atoms with E-state index in [-0.39, 0.29) is 36.8 Å². The average Bonchev–Trinajstić information content (AvgIpc) is 2.30. The fraction of sp³-hybridized carbons (Fsp3) is 0. The van der Waals surface area contributed by atoms with Gasteiger partial charge in [0.1, 0.15) is 0 Å². The zero-order valence-electron chi connectivity index (χ0n) is 14.4. The van der Waals surface area contributed by atoms with E-state index >= 15 is 0 Å². The van der Waals surface area contributed by atoms with Crippen LogP contribution in [0.4, 0.5) is 0 Å². The molecule has 0 aliphatic rings. The van der Waals surface area contributed by atoms with Crippen molar-refractivity contribution in [2.75, 3.05) is 0 Å². The van der Waals surface area contributed by atoms with Crippen LogP contribution in [-0.2, 0) is 25.8 Å². The first-order valence-electron chi connectivity index (χ1n) is 4.38. The fourth-order valence-corrected chi connectivity index (χ4v) is 0. The van der Waals surface area contributed by atoms with Crippen LogP contribution in [0.25, 0.3) is 0 Å². The summed E-state index contributed by atoms with van der Waals surface area (Å²) in [5.41, 5.74) is 0. The van der Waals surface area contributed by atoms with Crippen LogP contribution in [0, 0.1) is 123 Å². The first kappa shape index (κ1) is 63.0. The Labute approximate surface area is 200 Å². The van der Waals surface area contributed by atoms with Gasteiger partial charge in [-0.15, -0.1) is 0 Å². The summed E-state index contributed by atoms with van der Waals surface area (Å²) in [5.74, 6) is 0. The Balaban J connectivity index is -0.0000000240. The van der Waals surface area contributed by atoms with Crippen molar-refractivity contribution in [2.45, 2.75) is 0 Å². The van der Waals surface area contributed by atoms with E-state index < -0.39 is 40.7 Å². The molecule has 0 fully saturated rings. The monoisotopic (exact) mass is 704 g/mol. The number of hydrogen-bond acceptors (Lipinski definition) is 24. The number of nitrogens with zero attached hydrogens (tertiary/aromatic N) is 8. The van der Waals surface area contributed by atoms with Gasteiger partial charge in [0.15, 0.2) is 0 Å². The van der Waals surface area contributed by atoms with Crippen LogP contribution >= 0.6 is 0 Å². The largest absolute Gasteiger partial charge is 4.00 e. The third kappa shape index (κ3) is 624. The minimum Gasteiger partial charge on any atom is -0.356 e. The quantitative estimate of drug-likeness (QED) is 0.145. The summed E-state index contributed by atoms with van der Waals surface area (Å²) in [4.78, 5) is 66.0. The van der Waals surface area contributed by atoms with Crippen LogP contribution in [0.5, 0.6) is 0 Å². The Morgan fingerprint density at radius 2 is 0.235 bits per heavy atom. The topological polar surface area (TPSA) is 530 Å². The summed E-state index contributed by atoms with van der Waals surface area (Å²) in [6.07, 6.45) is 0. The minimum absolute atomic E-state index is 0. The maximum absolute atomic E-state index is 8.25. The summed E-state index contributed by atoms with van der Waals surface area (Å²) < 4.78 is 0. The molecule has 0 amide bonds. The molecule has 0 atom stereocenters. The van der Waals surface area contributed by atoms with Gasteiger partial charge in [-0.1, -0.05) is 0 Å². The zero-order chi connectivity index (χ0) is 28.6. The SMILES string of the molecule is O=[N+]([O-])[O-].O=[N+]([O-])[O-].O=[N+]([O-])[O-].O=[N+]([O-])[O-].O=[N+]([O-])[O-].O=[N+]([O-])[O-].O=[N+]([O-])[O-].O=[N+]([O-])[O-].[Hf+4].[Si+4]. The third-order valence-electron chi connectivity index (χ3n) is 0. The van der Waals surface area contributed by atoms with Crippen molar-refractivity contribution < 1.29 is 66.5 Å². The Bertz CT molecular complexity index is 367. The van der Waals surface area contributed by atoms with Gasteiger partial charge < -0.3 is 123 Å². The Kier molecular flexibility index (Phi) is 105. The molecule has 0 spiro atoms. The van der Waals surface area contributed by atoms with Crippen LogP contribution in [0.3, 0.4) is 0 Å². The molecule has 0 saturated carbocycles. The van der Waals surface area contributed by atoms with Crippen molar-refractivity contribution in [3.8, 4) is 0 Å². The molecule has 0 radical (unpaired) electrons. The molecule has 32 nitrogen and oxygen atoms in total. The maximum Gasteiger partial charge on any atom is 4.00 e. The molecule has 0 heterocycles. The van der Waals surface area contributed by atoms with Gasteiger partial charge in [0, 0.05) is 0 Å². The van der Waals surface area contributed by atoms with Gasteiger partial charge >= 0.3 is 36.8 Å². The van der Waals surface area contributed by atoms with E-state index in [1.807, 2.05) is 0 Å². The Hall–Kier alpha value is -5.31. The molecule has 0 aromatic heterocycles. The molecule has 0 aromatic rings. The van der Waals surface area contributed by atoms with E-state index in [0.717, 1.165) is 0 Å². The van der Waals surface area contributed by atoms with Crippen molar-refractivity contribution in [1.29, 1.82) is 0 Å². The van der Waals surface area contributed by atoms with Crippen LogP contribution in [0.15, 0.2) is 0 Å². The summed E-state index contributed by atoms with van der Waals surface area (Å²) >= 11 is 0. The molecule has 0 saturated heterocycles. The normalized spacial score (nSPS) is 5.65. The summed E-state index contributed by atoms with van der Waals surface area (Å²) in [6, 6.07) is 0. The molecular weight excluding hydrogens is 703 g/mol. The van der Waals surface area contributed by atoms with E-state index in [9.17, 15) is 0 Å². The molecule has 34 heteroatoms. The van der Waals surface area contributed by atoms with Crippen LogP contribution < -0.4 is 0 Å². The summed E-state index contributed by atoms with van der Waals surface area (Å²) in [6.45, 7) is 0. The van der Waals surface area contributed by atoms with Gasteiger partial charge in [-0.3, -0.25) is 0 Å². The van der Waals surface area contributed by atoms with Gasteiger partial charge in [-0.05, 0) is 0 Å². The second kappa shape index (κ2) is 56.5. The molecule has 0 unspecified atom stereocenters. The molecular formula is HfN8O24Si. The fourth-order valence-electron chi connectivity index (χ4n) is 0. The van der Waals surface area contributed by atoms with Crippen molar-refractivity contribution in [2.24, 2.45) is 0 Å². The molecule has 192 valence electrons. The van der Waals surface area contributed by atoms with E-state index in [2.05, 4.69) is 0 Å². The molecule has 0 bridgehead atoms. The van der Waals surface area contributed by atoms with Crippen molar-refractivity contribution in [3.05, 3.63) is 123 Å². The molecule has 0 aliphatic heterocycles. The first-order chi connectivity index (χ1) is 13.9. The van der Waals surface area contributed by atoms with Gasteiger partial charge in [0.25, 0.3) is 0 Å². The number of hydrogen-bond donors (Lipinski definition) is 0. The Morgan fingerprint density at radius 1 is 0.235 bits per heavy atom. The summed E-state index contributed by atoms with van der Waals surface area (Å²) in [5, 5.41) is 118. The van der Waals surface area contributed by atoms with Crippen molar-refractivity contribution >= 4 is 11.0 Å². The van der Waals surface area contributed by atoms with Gasteiger partial charge in [0.2, 0.25) is 0 Å². The van der Waals surface area contributed by atoms with Gasteiger partial charge in [-0.2, -0.15) is 0 Å². The van der Waals surface area contributed by atoms with E-state index in [4.69, 9.17) is 123 Å². The van der Waals surface area contributed by atoms with Crippen molar-refractivity contribution in [3.63, 3.8) is 0 Å². The molecule has 34 heavy (non-hydrogen) atoms. The standard InChI is InChI=1S/Hf.8NO3.Si/c;8*2-1(3)4;/q+4;8*-1;+4. The van der Waals surface area contributed by atoms with Crippen LogP contribution in [-0.4, -0.2) is 51.7 Å². The second-order valence-electron chi connectivity index (χ2n) is 1.79. The molecule has 0 N–H and O–H groups in total. The smallest absolute Gasteiger partial charge is 0.356 e. The maximum atomic E-state index is 8.25. The van der Waals surface area contributed by atoms with Crippen LogP contribution in [0.2, 0.25) is 0 Å². The number of rotatable bonds is 0.